The monoisotopic (exact) mass is 438 g/mol. The lowest BCUT2D eigenvalue weighted by molar-refractivity contribution is -0.384. The Morgan fingerprint density at radius 1 is 1.03 bits per heavy atom. The summed E-state index contributed by atoms with van der Waals surface area (Å²) in [6, 6.07) is 8.69. The average molecular weight is 439 g/mol. The standard InChI is InChI=1S/C21H22N6O3S/c28-20(15-5-6-17(18(14-15)27(29)30)24-8-1-2-9-24)25-10-12-26(13-11-25)21-23-16-4-3-7-22-19(16)31-21/h3-7,14H,1-2,8-13H2. The number of hydrogen-bond acceptors (Lipinski definition) is 8. The number of anilines is 2. The van der Waals surface area contributed by atoms with E-state index in [1.807, 2.05) is 17.0 Å². The number of carbonyl (C=O) groups is 1. The van der Waals surface area contributed by atoms with Crippen LogP contribution in [-0.2, 0) is 0 Å². The molecule has 0 unspecified atom stereocenters. The van der Waals surface area contributed by atoms with E-state index in [0.717, 1.165) is 41.4 Å². The van der Waals surface area contributed by atoms with Gasteiger partial charge in [0.05, 0.1) is 4.92 Å². The molecule has 0 spiro atoms. The number of benzene rings is 1. The number of hydrogen-bond donors (Lipinski definition) is 0. The van der Waals surface area contributed by atoms with Crippen molar-refractivity contribution in [3.8, 4) is 0 Å². The van der Waals surface area contributed by atoms with Crippen molar-refractivity contribution in [3.05, 3.63) is 52.2 Å². The predicted molar refractivity (Wildman–Crippen MR) is 120 cm³/mol. The van der Waals surface area contributed by atoms with E-state index in [1.165, 1.54) is 6.07 Å². The molecule has 0 saturated carbocycles. The number of carbonyl (C=O) groups excluding carboxylic acids is 1. The van der Waals surface area contributed by atoms with Crippen molar-refractivity contribution in [2.75, 3.05) is 49.1 Å². The van der Waals surface area contributed by atoms with Crippen molar-refractivity contribution in [1.82, 2.24) is 14.9 Å². The van der Waals surface area contributed by atoms with Crippen LogP contribution >= 0.6 is 11.3 Å². The lowest BCUT2D eigenvalue weighted by atomic mass is 10.1. The highest BCUT2D eigenvalue weighted by atomic mass is 32.1. The highest BCUT2D eigenvalue weighted by Crippen LogP contribution is 2.32. The van der Waals surface area contributed by atoms with E-state index in [9.17, 15) is 14.9 Å². The van der Waals surface area contributed by atoms with Crippen molar-refractivity contribution < 1.29 is 9.72 Å². The maximum Gasteiger partial charge on any atom is 0.293 e. The first-order valence-electron chi connectivity index (χ1n) is 10.4. The van der Waals surface area contributed by atoms with Crippen LogP contribution in [0.15, 0.2) is 36.5 Å². The zero-order valence-electron chi connectivity index (χ0n) is 16.9. The van der Waals surface area contributed by atoms with Gasteiger partial charge in [0.1, 0.15) is 16.0 Å². The number of nitro benzene ring substituents is 1. The Kier molecular flexibility index (Phi) is 5.14. The maximum absolute atomic E-state index is 13.0. The first-order valence-corrected chi connectivity index (χ1v) is 11.2. The normalized spacial score (nSPS) is 16.8. The summed E-state index contributed by atoms with van der Waals surface area (Å²) in [6.07, 6.45) is 3.83. The molecule has 9 nitrogen and oxygen atoms in total. The molecule has 10 heteroatoms. The predicted octanol–water partition coefficient (Wildman–Crippen LogP) is 3.16. The molecular weight excluding hydrogens is 416 g/mol. The van der Waals surface area contributed by atoms with E-state index >= 15 is 0 Å². The van der Waals surface area contributed by atoms with Crippen LogP contribution in [0.25, 0.3) is 10.3 Å². The van der Waals surface area contributed by atoms with Crippen molar-refractivity contribution in [2.24, 2.45) is 0 Å². The van der Waals surface area contributed by atoms with Crippen LogP contribution in [-0.4, -0.2) is 65.0 Å². The van der Waals surface area contributed by atoms with Gasteiger partial charge in [0.15, 0.2) is 5.13 Å². The Hall–Kier alpha value is -3.27. The highest BCUT2D eigenvalue weighted by molar-refractivity contribution is 7.21. The van der Waals surface area contributed by atoms with Crippen LogP contribution in [0.1, 0.15) is 23.2 Å². The zero-order chi connectivity index (χ0) is 21.4. The maximum atomic E-state index is 13.0. The number of aromatic nitrogens is 2. The number of amides is 1. The molecule has 4 heterocycles. The minimum absolute atomic E-state index is 0.00774. The SMILES string of the molecule is O=C(c1ccc(N2CCCC2)c([N+](=O)[O-])c1)N1CCN(c2nc3cccnc3s2)CC1. The lowest BCUT2D eigenvalue weighted by Gasteiger charge is -2.34. The molecule has 0 aliphatic carbocycles. The van der Waals surface area contributed by atoms with Gasteiger partial charge in [-0.2, -0.15) is 0 Å². The van der Waals surface area contributed by atoms with Crippen LogP contribution in [0.4, 0.5) is 16.5 Å². The van der Waals surface area contributed by atoms with Crippen LogP contribution in [0.3, 0.4) is 0 Å². The van der Waals surface area contributed by atoms with Gasteiger partial charge in [-0.3, -0.25) is 14.9 Å². The summed E-state index contributed by atoms with van der Waals surface area (Å²) >= 11 is 1.55. The van der Waals surface area contributed by atoms with Gasteiger partial charge in [-0.05, 0) is 37.1 Å². The first kappa shape index (κ1) is 19.7. The molecule has 1 aromatic carbocycles. The van der Waals surface area contributed by atoms with E-state index < -0.39 is 0 Å². The molecule has 2 aromatic heterocycles. The van der Waals surface area contributed by atoms with Gasteiger partial charge in [0.2, 0.25) is 0 Å². The van der Waals surface area contributed by atoms with Gasteiger partial charge >= 0.3 is 0 Å². The Morgan fingerprint density at radius 2 is 1.81 bits per heavy atom. The van der Waals surface area contributed by atoms with Gasteiger partial charge in [-0.25, -0.2) is 9.97 Å². The molecule has 3 aromatic rings. The van der Waals surface area contributed by atoms with Crippen molar-refractivity contribution in [3.63, 3.8) is 0 Å². The largest absolute Gasteiger partial charge is 0.366 e. The smallest absolute Gasteiger partial charge is 0.293 e. The number of rotatable bonds is 4. The molecule has 0 radical (unpaired) electrons. The summed E-state index contributed by atoms with van der Waals surface area (Å²) < 4.78 is 0. The second-order valence-corrected chi connectivity index (χ2v) is 8.71. The number of fused-ring (bicyclic) bond motifs is 1. The third-order valence-electron chi connectivity index (χ3n) is 5.86. The fourth-order valence-electron chi connectivity index (χ4n) is 4.21. The van der Waals surface area contributed by atoms with Crippen molar-refractivity contribution >= 4 is 44.1 Å². The molecule has 2 aliphatic rings. The molecule has 0 bridgehead atoms. The van der Waals surface area contributed by atoms with Crippen LogP contribution < -0.4 is 9.80 Å². The molecule has 31 heavy (non-hydrogen) atoms. The second-order valence-electron chi connectivity index (χ2n) is 7.76. The number of pyridine rings is 1. The fraction of sp³-hybridized carbons (Fsp3) is 0.381. The number of nitro groups is 1. The molecule has 0 N–H and O–H groups in total. The highest BCUT2D eigenvalue weighted by Gasteiger charge is 2.28. The molecular formula is C21H22N6O3S. The lowest BCUT2D eigenvalue weighted by Crippen LogP contribution is -2.48. The summed E-state index contributed by atoms with van der Waals surface area (Å²) in [6.45, 7) is 4.06. The van der Waals surface area contributed by atoms with Crippen LogP contribution in [0.2, 0.25) is 0 Å². The molecule has 2 fully saturated rings. The van der Waals surface area contributed by atoms with Gasteiger partial charge < -0.3 is 14.7 Å². The molecule has 2 saturated heterocycles. The van der Waals surface area contributed by atoms with E-state index in [2.05, 4.69) is 14.9 Å². The third-order valence-corrected chi connectivity index (χ3v) is 6.90. The Labute approximate surface area is 183 Å². The quantitative estimate of drug-likeness (QED) is 0.456. The van der Waals surface area contributed by atoms with E-state index in [1.54, 1.807) is 34.6 Å². The van der Waals surface area contributed by atoms with E-state index in [4.69, 9.17) is 0 Å². The summed E-state index contributed by atoms with van der Waals surface area (Å²) in [4.78, 5) is 40.1. The van der Waals surface area contributed by atoms with Gasteiger partial charge in [-0.15, -0.1) is 0 Å². The number of piperazine rings is 1. The minimum atomic E-state index is -0.385. The summed E-state index contributed by atoms with van der Waals surface area (Å²) in [7, 11) is 0. The topological polar surface area (TPSA) is 95.7 Å². The van der Waals surface area contributed by atoms with Gasteiger partial charge in [0.25, 0.3) is 11.6 Å². The zero-order valence-corrected chi connectivity index (χ0v) is 17.8. The second kappa shape index (κ2) is 8.10. The van der Waals surface area contributed by atoms with E-state index in [-0.39, 0.29) is 16.5 Å². The molecule has 1 amide bonds. The van der Waals surface area contributed by atoms with Crippen LogP contribution in [0.5, 0.6) is 0 Å². The first-order chi connectivity index (χ1) is 15.1. The van der Waals surface area contributed by atoms with E-state index in [0.29, 0.717) is 37.4 Å². The summed E-state index contributed by atoms with van der Waals surface area (Å²) in [5.74, 6) is -0.165. The fourth-order valence-corrected chi connectivity index (χ4v) is 5.17. The molecule has 160 valence electrons. The number of thiazole rings is 1. The molecule has 2 aliphatic heterocycles. The number of nitrogens with zero attached hydrogens (tertiary/aromatic N) is 6. The Bertz CT molecular complexity index is 1100. The van der Waals surface area contributed by atoms with Crippen molar-refractivity contribution in [1.29, 1.82) is 0 Å². The summed E-state index contributed by atoms with van der Waals surface area (Å²) in [5.41, 5.74) is 1.86. The Morgan fingerprint density at radius 3 is 2.52 bits per heavy atom. The van der Waals surface area contributed by atoms with Crippen LogP contribution in [0, 0.1) is 10.1 Å². The Balaban J connectivity index is 1.29. The molecule has 5 rings (SSSR count). The average Bonchev–Trinajstić information content (AvgIpc) is 3.48. The minimum Gasteiger partial charge on any atom is -0.366 e. The van der Waals surface area contributed by atoms with Gasteiger partial charge in [-0.1, -0.05) is 11.3 Å². The summed E-state index contributed by atoms with van der Waals surface area (Å²) in [5, 5.41) is 12.5. The van der Waals surface area contributed by atoms with Crippen molar-refractivity contribution in [2.45, 2.75) is 12.8 Å². The van der Waals surface area contributed by atoms with Gasteiger partial charge in [0, 0.05) is 57.1 Å². The third kappa shape index (κ3) is 3.78. The molecule has 0 atom stereocenters.